The zero-order valence-electron chi connectivity index (χ0n) is 14.3. The van der Waals surface area contributed by atoms with Gasteiger partial charge in [-0.1, -0.05) is 31.4 Å². The van der Waals surface area contributed by atoms with Gasteiger partial charge in [0.2, 0.25) is 5.91 Å². The van der Waals surface area contributed by atoms with E-state index in [0.717, 1.165) is 31.4 Å². The Morgan fingerprint density at radius 2 is 1.72 bits per heavy atom. The minimum atomic E-state index is 0.00973. The lowest BCUT2D eigenvalue weighted by Crippen LogP contribution is -2.25. The number of anilines is 3. The highest BCUT2D eigenvalue weighted by molar-refractivity contribution is 5.95. The third-order valence-corrected chi connectivity index (χ3v) is 4.43. The quantitative estimate of drug-likeness (QED) is 0.807. The number of carbonyl (C=O) groups is 2. The molecule has 0 saturated heterocycles. The summed E-state index contributed by atoms with van der Waals surface area (Å²) in [6.45, 7) is 1.53. The molecule has 0 aliphatic heterocycles. The Kier molecular flexibility index (Phi) is 5.38. The zero-order chi connectivity index (χ0) is 17.6. The van der Waals surface area contributed by atoms with E-state index in [9.17, 15) is 9.59 Å². The summed E-state index contributed by atoms with van der Waals surface area (Å²) in [5, 5.41) is 14.1. The third kappa shape index (κ3) is 4.62. The lowest BCUT2D eigenvalue weighted by atomic mass is 9.89. The molecule has 1 aliphatic carbocycles. The number of nitrogens with one attached hydrogen (secondary N) is 2. The second-order valence-electron chi connectivity index (χ2n) is 6.39. The van der Waals surface area contributed by atoms with E-state index in [1.807, 2.05) is 12.1 Å². The average Bonchev–Trinajstić information content (AvgIpc) is 2.64. The SMILES string of the molecule is CC(=O)c1cccc(Nc2ccc(NC(=O)C3CCCCC3)nn2)c1. The van der Waals surface area contributed by atoms with Gasteiger partial charge in [-0.25, -0.2) is 0 Å². The summed E-state index contributed by atoms with van der Waals surface area (Å²) in [6, 6.07) is 10.7. The highest BCUT2D eigenvalue weighted by Crippen LogP contribution is 2.24. The molecule has 2 N–H and O–H groups in total. The summed E-state index contributed by atoms with van der Waals surface area (Å²) in [4.78, 5) is 23.7. The van der Waals surface area contributed by atoms with Gasteiger partial charge in [-0.15, -0.1) is 10.2 Å². The first-order valence-corrected chi connectivity index (χ1v) is 8.64. The highest BCUT2D eigenvalue weighted by Gasteiger charge is 2.21. The summed E-state index contributed by atoms with van der Waals surface area (Å²) >= 11 is 0. The normalized spacial score (nSPS) is 14.8. The molecule has 1 heterocycles. The van der Waals surface area contributed by atoms with Crippen molar-refractivity contribution in [2.45, 2.75) is 39.0 Å². The van der Waals surface area contributed by atoms with Crippen LogP contribution < -0.4 is 10.6 Å². The van der Waals surface area contributed by atoms with Crippen molar-refractivity contribution >= 4 is 29.0 Å². The van der Waals surface area contributed by atoms with E-state index >= 15 is 0 Å². The van der Waals surface area contributed by atoms with E-state index in [1.54, 1.807) is 24.3 Å². The highest BCUT2D eigenvalue weighted by atomic mass is 16.2. The van der Waals surface area contributed by atoms with Crippen LogP contribution in [0.1, 0.15) is 49.4 Å². The minimum Gasteiger partial charge on any atom is -0.339 e. The molecule has 0 radical (unpaired) electrons. The number of hydrogen-bond donors (Lipinski definition) is 2. The first-order valence-electron chi connectivity index (χ1n) is 8.64. The van der Waals surface area contributed by atoms with Crippen LogP contribution >= 0.6 is 0 Å². The maximum absolute atomic E-state index is 12.2. The Morgan fingerprint density at radius 3 is 2.40 bits per heavy atom. The molecule has 3 rings (SSSR count). The number of carbonyl (C=O) groups excluding carboxylic acids is 2. The lowest BCUT2D eigenvalue weighted by Gasteiger charge is -2.20. The third-order valence-electron chi connectivity index (χ3n) is 4.43. The molecule has 0 unspecified atom stereocenters. The van der Waals surface area contributed by atoms with Crippen LogP contribution in [-0.4, -0.2) is 21.9 Å². The molecule has 1 fully saturated rings. The van der Waals surface area contributed by atoms with Crippen LogP contribution in [-0.2, 0) is 4.79 Å². The van der Waals surface area contributed by atoms with Crippen molar-refractivity contribution in [3.8, 4) is 0 Å². The summed E-state index contributed by atoms with van der Waals surface area (Å²) < 4.78 is 0. The smallest absolute Gasteiger partial charge is 0.228 e. The predicted octanol–water partition coefficient (Wildman–Crippen LogP) is 3.94. The second-order valence-corrected chi connectivity index (χ2v) is 6.39. The molecule has 25 heavy (non-hydrogen) atoms. The minimum absolute atomic E-state index is 0.00973. The fraction of sp³-hybridized carbons (Fsp3) is 0.368. The van der Waals surface area contributed by atoms with E-state index in [0.29, 0.717) is 17.2 Å². The van der Waals surface area contributed by atoms with Crippen molar-refractivity contribution in [1.29, 1.82) is 0 Å². The Labute approximate surface area is 147 Å². The standard InChI is InChI=1S/C19H22N4O2/c1-13(24)15-8-5-9-16(12-15)20-17-10-11-18(23-22-17)21-19(25)14-6-3-2-4-7-14/h5,8-12,14H,2-4,6-7H2,1H3,(H,20,22)(H,21,23,25). The van der Waals surface area contributed by atoms with Gasteiger partial charge in [0.25, 0.3) is 0 Å². The molecule has 0 bridgehead atoms. The van der Waals surface area contributed by atoms with Gasteiger partial charge in [0.15, 0.2) is 17.4 Å². The van der Waals surface area contributed by atoms with Crippen LogP contribution in [0.3, 0.4) is 0 Å². The van der Waals surface area contributed by atoms with Crippen LogP contribution in [0, 0.1) is 5.92 Å². The summed E-state index contributed by atoms with van der Waals surface area (Å²) in [6.07, 6.45) is 5.35. The van der Waals surface area contributed by atoms with Crippen LogP contribution in [0.2, 0.25) is 0 Å². The van der Waals surface area contributed by atoms with Gasteiger partial charge in [-0.2, -0.15) is 0 Å². The molecule has 1 aromatic heterocycles. The molecule has 6 nitrogen and oxygen atoms in total. The van der Waals surface area contributed by atoms with Crippen LogP contribution in [0.25, 0.3) is 0 Å². The number of aromatic nitrogens is 2. The van der Waals surface area contributed by atoms with Crippen LogP contribution in [0.5, 0.6) is 0 Å². The monoisotopic (exact) mass is 338 g/mol. The van der Waals surface area contributed by atoms with Gasteiger partial charge >= 0.3 is 0 Å². The van der Waals surface area contributed by atoms with Crippen molar-refractivity contribution in [3.63, 3.8) is 0 Å². The van der Waals surface area contributed by atoms with Crippen LogP contribution in [0.15, 0.2) is 36.4 Å². The summed E-state index contributed by atoms with van der Waals surface area (Å²) in [7, 11) is 0. The van der Waals surface area contributed by atoms with Gasteiger partial charge in [0, 0.05) is 17.2 Å². The molecule has 130 valence electrons. The molecule has 6 heteroatoms. The number of ketones is 1. The Balaban J connectivity index is 1.61. The molecule has 1 amide bonds. The van der Waals surface area contributed by atoms with E-state index < -0.39 is 0 Å². The van der Waals surface area contributed by atoms with Gasteiger partial charge in [0.1, 0.15) is 0 Å². The lowest BCUT2D eigenvalue weighted by molar-refractivity contribution is -0.120. The molecule has 1 aliphatic rings. The number of rotatable bonds is 5. The Hall–Kier alpha value is -2.76. The van der Waals surface area contributed by atoms with E-state index in [1.165, 1.54) is 13.3 Å². The molecule has 0 atom stereocenters. The molecule has 1 saturated carbocycles. The molecular weight excluding hydrogens is 316 g/mol. The maximum atomic E-state index is 12.2. The number of hydrogen-bond acceptors (Lipinski definition) is 5. The number of amides is 1. The second kappa shape index (κ2) is 7.88. The summed E-state index contributed by atoms with van der Waals surface area (Å²) in [5.41, 5.74) is 1.40. The molecular formula is C19H22N4O2. The van der Waals surface area contributed by atoms with Gasteiger partial charge in [-0.3, -0.25) is 9.59 Å². The number of benzene rings is 1. The largest absolute Gasteiger partial charge is 0.339 e. The zero-order valence-corrected chi connectivity index (χ0v) is 14.3. The first-order chi connectivity index (χ1) is 12.1. The van der Waals surface area contributed by atoms with Crippen molar-refractivity contribution < 1.29 is 9.59 Å². The van der Waals surface area contributed by atoms with Gasteiger partial charge in [-0.05, 0) is 44.0 Å². The van der Waals surface area contributed by atoms with Crippen molar-refractivity contribution in [2.75, 3.05) is 10.6 Å². The topological polar surface area (TPSA) is 84.0 Å². The first kappa shape index (κ1) is 17.1. The van der Waals surface area contributed by atoms with Crippen molar-refractivity contribution in [1.82, 2.24) is 10.2 Å². The van der Waals surface area contributed by atoms with E-state index in [2.05, 4.69) is 20.8 Å². The van der Waals surface area contributed by atoms with Gasteiger partial charge < -0.3 is 10.6 Å². The fourth-order valence-corrected chi connectivity index (χ4v) is 3.02. The fourth-order valence-electron chi connectivity index (χ4n) is 3.02. The Bertz CT molecular complexity index is 752. The molecule has 1 aromatic carbocycles. The predicted molar refractivity (Wildman–Crippen MR) is 97.0 cm³/mol. The molecule has 0 spiro atoms. The van der Waals surface area contributed by atoms with E-state index in [4.69, 9.17) is 0 Å². The number of nitrogens with zero attached hydrogens (tertiary/aromatic N) is 2. The average molecular weight is 338 g/mol. The van der Waals surface area contributed by atoms with Gasteiger partial charge in [0.05, 0.1) is 0 Å². The molecule has 2 aromatic rings. The number of Topliss-reactive ketones (excluding diaryl/α,β-unsaturated/α-hetero) is 1. The van der Waals surface area contributed by atoms with Crippen LogP contribution in [0.4, 0.5) is 17.3 Å². The van der Waals surface area contributed by atoms with E-state index in [-0.39, 0.29) is 17.6 Å². The van der Waals surface area contributed by atoms with Crippen molar-refractivity contribution in [2.24, 2.45) is 5.92 Å². The summed E-state index contributed by atoms with van der Waals surface area (Å²) in [5.74, 6) is 1.14. The maximum Gasteiger partial charge on any atom is 0.228 e. The Morgan fingerprint density at radius 1 is 1.00 bits per heavy atom. The van der Waals surface area contributed by atoms with Crippen molar-refractivity contribution in [3.05, 3.63) is 42.0 Å².